The molecular weight excluding hydrogens is 419 g/mol. The summed E-state index contributed by atoms with van der Waals surface area (Å²) >= 11 is 5.69. The van der Waals surface area contributed by atoms with Crippen molar-refractivity contribution in [2.45, 2.75) is 121 Å². The Balaban J connectivity index is 2.63. The van der Waals surface area contributed by atoms with E-state index in [1.54, 1.807) is 0 Å². The SMILES string of the molecule is CCCCCCCCCc1cccc([S+]=P([O-])(O)Cl)c1CCCCCCCCC. The van der Waals surface area contributed by atoms with Crippen LogP contribution in [0.2, 0.25) is 0 Å². The summed E-state index contributed by atoms with van der Waals surface area (Å²) in [4.78, 5) is 22.4. The number of unbranched alkanes of at least 4 members (excludes halogenated alkanes) is 12. The molecule has 0 aliphatic rings. The molecule has 0 spiro atoms. The second kappa shape index (κ2) is 16.7. The van der Waals surface area contributed by atoms with Crippen LogP contribution in [-0.4, -0.2) is 4.89 Å². The van der Waals surface area contributed by atoms with E-state index in [4.69, 9.17) is 11.2 Å². The van der Waals surface area contributed by atoms with Gasteiger partial charge in [0.15, 0.2) is 0 Å². The van der Waals surface area contributed by atoms with Gasteiger partial charge in [-0.2, -0.15) is 0 Å². The Kier molecular flexibility index (Phi) is 15.6. The first-order chi connectivity index (χ1) is 14.0. The standard InChI is InChI=1S/C24H42ClO2PS/c1-3-5-7-9-11-13-15-18-22-19-17-21-24(29-28(25,26)27)23(22)20-16-14-12-10-8-6-4-2/h17,19,21H,3-16,18,20H2,1-2H3,(H-,26,27). The third-order valence-corrected chi connectivity index (χ3v) is 8.21. The highest BCUT2D eigenvalue weighted by Gasteiger charge is 2.18. The van der Waals surface area contributed by atoms with Crippen LogP contribution in [0.25, 0.3) is 0 Å². The summed E-state index contributed by atoms with van der Waals surface area (Å²) in [5, 5.41) is 0. The average Bonchev–Trinajstić information content (AvgIpc) is 2.67. The molecule has 1 unspecified atom stereocenters. The molecule has 1 aromatic rings. The Labute approximate surface area is 188 Å². The summed E-state index contributed by atoms with van der Waals surface area (Å²) in [5.74, 6) is -3.65. The Bertz CT molecular complexity index is 592. The maximum absolute atomic E-state index is 11.8. The molecule has 0 bridgehead atoms. The quantitative estimate of drug-likeness (QED) is 0.145. The molecule has 0 amide bonds. The number of hydrogen-bond acceptors (Lipinski definition) is 1. The third kappa shape index (κ3) is 13.9. The van der Waals surface area contributed by atoms with Crippen LogP contribution in [-0.2, 0) is 23.8 Å². The van der Waals surface area contributed by atoms with E-state index < -0.39 is 5.84 Å². The van der Waals surface area contributed by atoms with E-state index in [-0.39, 0.29) is 0 Å². The molecular formula is C24H42ClO2PS. The number of halogens is 1. The van der Waals surface area contributed by atoms with Gasteiger partial charge >= 0.3 is 0 Å². The summed E-state index contributed by atoms with van der Waals surface area (Å²) in [5.41, 5.74) is 2.60. The fourth-order valence-corrected chi connectivity index (χ4v) is 6.50. The predicted molar refractivity (Wildman–Crippen MR) is 130 cm³/mol. The molecule has 0 saturated carbocycles. The van der Waals surface area contributed by atoms with Crippen molar-refractivity contribution in [1.29, 1.82) is 0 Å². The van der Waals surface area contributed by atoms with E-state index in [9.17, 15) is 9.79 Å². The first-order valence-corrected chi connectivity index (χ1v) is 15.8. The first-order valence-electron chi connectivity index (χ1n) is 11.8. The summed E-state index contributed by atoms with van der Waals surface area (Å²) in [7, 11) is 0.946. The van der Waals surface area contributed by atoms with Crippen molar-refractivity contribution in [2.75, 3.05) is 0 Å². The summed E-state index contributed by atoms with van der Waals surface area (Å²) in [6.45, 7) is 4.50. The lowest BCUT2D eigenvalue weighted by atomic mass is 9.96. The molecule has 168 valence electrons. The van der Waals surface area contributed by atoms with E-state index in [2.05, 4.69) is 19.9 Å². The van der Waals surface area contributed by atoms with Gasteiger partial charge < -0.3 is 9.79 Å². The highest BCUT2D eigenvalue weighted by Crippen LogP contribution is 2.41. The zero-order chi connectivity index (χ0) is 21.4. The van der Waals surface area contributed by atoms with E-state index >= 15 is 0 Å². The molecule has 29 heavy (non-hydrogen) atoms. The highest BCUT2D eigenvalue weighted by atomic mass is 35.7. The van der Waals surface area contributed by atoms with Gasteiger partial charge in [-0.05, 0) is 42.5 Å². The second-order valence-corrected chi connectivity index (χ2v) is 13.7. The van der Waals surface area contributed by atoms with E-state index in [1.165, 1.54) is 94.6 Å². The number of benzene rings is 1. The first kappa shape index (κ1) is 27.1. The monoisotopic (exact) mass is 460 g/mol. The van der Waals surface area contributed by atoms with Crippen molar-refractivity contribution >= 4 is 28.0 Å². The number of aryl methyl sites for hydroxylation is 1. The molecule has 1 atom stereocenters. The smallest absolute Gasteiger partial charge is 0.279 e. The summed E-state index contributed by atoms with van der Waals surface area (Å²) < 4.78 is 0. The van der Waals surface area contributed by atoms with Crippen molar-refractivity contribution in [3.63, 3.8) is 0 Å². The van der Waals surface area contributed by atoms with Gasteiger partial charge in [-0.25, -0.2) is 0 Å². The van der Waals surface area contributed by atoms with Crippen LogP contribution in [0, 0.1) is 0 Å². The maximum Gasteiger partial charge on any atom is 0.279 e. The van der Waals surface area contributed by atoms with Gasteiger partial charge in [0, 0.05) is 11.6 Å². The molecule has 1 N–H and O–H groups in total. The third-order valence-electron chi connectivity index (χ3n) is 5.52. The largest absolute Gasteiger partial charge is 0.752 e. The zero-order valence-corrected chi connectivity index (χ0v) is 21.1. The van der Waals surface area contributed by atoms with Crippen LogP contribution in [0.1, 0.15) is 115 Å². The van der Waals surface area contributed by atoms with Gasteiger partial charge in [0.05, 0.1) is 0 Å². The summed E-state index contributed by atoms with van der Waals surface area (Å²) in [6.07, 6.45) is 20.1. The zero-order valence-electron chi connectivity index (χ0n) is 18.6. The van der Waals surface area contributed by atoms with Crippen LogP contribution in [0.15, 0.2) is 23.1 Å². The van der Waals surface area contributed by atoms with Crippen LogP contribution in [0.4, 0.5) is 0 Å². The van der Waals surface area contributed by atoms with Crippen LogP contribution < -0.4 is 4.89 Å². The Morgan fingerprint density at radius 3 is 1.79 bits per heavy atom. The minimum Gasteiger partial charge on any atom is -0.752 e. The molecule has 0 saturated heterocycles. The molecule has 0 aliphatic heterocycles. The van der Waals surface area contributed by atoms with Crippen LogP contribution in [0.5, 0.6) is 0 Å². The van der Waals surface area contributed by atoms with Crippen molar-refractivity contribution in [2.24, 2.45) is 0 Å². The average molecular weight is 461 g/mol. The van der Waals surface area contributed by atoms with Crippen molar-refractivity contribution in [3.05, 3.63) is 29.3 Å². The van der Waals surface area contributed by atoms with Gasteiger partial charge in [0.25, 0.3) is 5.84 Å². The van der Waals surface area contributed by atoms with Crippen LogP contribution in [0.3, 0.4) is 0 Å². The highest BCUT2D eigenvalue weighted by molar-refractivity contribution is 8.28. The van der Waals surface area contributed by atoms with Gasteiger partial charge in [-0.3, -0.25) is 0 Å². The molecule has 0 radical (unpaired) electrons. The molecule has 5 heteroatoms. The molecule has 0 aromatic heterocycles. The minimum atomic E-state index is -3.65. The fourth-order valence-electron chi connectivity index (χ4n) is 3.87. The molecule has 0 heterocycles. The Morgan fingerprint density at radius 2 is 1.28 bits per heavy atom. The van der Waals surface area contributed by atoms with Gasteiger partial charge in [-0.15, -0.1) is 0 Å². The van der Waals surface area contributed by atoms with Crippen molar-refractivity contribution in [3.8, 4) is 0 Å². The van der Waals surface area contributed by atoms with Gasteiger partial charge in [0.2, 0.25) is 15.8 Å². The van der Waals surface area contributed by atoms with E-state index in [1.807, 2.05) is 12.1 Å². The van der Waals surface area contributed by atoms with Gasteiger partial charge in [0.1, 0.15) is 0 Å². The van der Waals surface area contributed by atoms with Crippen LogP contribution >= 0.6 is 17.1 Å². The maximum atomic E-state index is 11.8. The fraction of sp³-hybridized carbons (Fsp3) is 0.750. The normalized spacial score (nSPS) is 13.4. The molecule has 1 aromatic carbocycles. The van der Waals surface area contributed by atoms with Crippen molar-refractivity contribution < 1.29 is 9.79 Å². The molecule has 0 fully saturated rings. The number of rotatable bonds is 17. The van der Waals surface area contributed by atoms with Gasteiger partial charge in [-0.1, -0.05) is 103 Å². The molecule has 2 nitrogen and oxygen atoms in total. The Morgan fingerprint density at radius 1 is 0.793 bits per heavy atom. The second-order valence-electron chi connectivity index (χ2n) is 8.18. The lowest BCUT2D eigenvalue weighted by Gasteiger charge is -2.10. The molecule has 0 aliphatic carbocycles. The lowest BCUT2D eigenvalue weighted by molar-refractivity contribution is -0.171. The topological polar surface area (TPSA) is 43.3 Å². The number of hydrogen-bond donors (Lipinski definition) is 1. The summed E-state index contributed by atoms with van der Waals surface area (Å²) in [6, 6.07) is 6.18. The Hall–Kier alpha value is 0.0800. The van der Waals surface area contributed by atoms with E-state index in [0.717, 1.165) is 35.1 Å². The van der Waals surface area contributed by atoms with Crippen molar-refractivity contribution in [1.82, 2.24) is 0 Å². The minimum absolute atomic E-state index is 0.900. The van der Waals surface area contributed by atoms with E-state index in [0.29, 0.717) is 0 Å². The molecule has 1 rings (SSSR count). The lowest BCUT2D eigenvalue weighted by Crippen LogP contribution is -2.01. The predicted octanol–water partition coefficient (Wildman–Crippen LogP) is 7.98.